The van der Waals surface area contributed by atoms with E-state index in [4.69, 9.17) is 4.74 Å². The lowest BCUT2D eigenvalue weighted by Gasteiger charge is -2.26. The summed E-state index contributed by atoms with van der Waals surface area (Å²) in [6.45, 7) is 7.07. The van der Waals surface area contributed by atoms with Gasteiger partial charge in [-0.2, -0.15) is 0 Å². The van der Waals surface area contributed by atoms with Gasteiger partial charge in [0.05, 0.1) is 12.6 Å². The molecule has 1 N–H and O–H groups in total. The van der Waals surface area contributed by atoms with Crippen LogP contribution < -0.4 is 10.1 Å². The second kappa shape index (κ2) is 16.5. The Kier molecular flexibility index (Phi) is 14.5. The van der Waals surface area contributed by atoms with Gasteiger partial charge < -0.3 is 19.9 Å². The van der Waals surface area contributed by atoms with Crippen LogP contribution in [0.2, 0.25) is 0 Å². The number of halogens is 2. The van der Waals surface area contributed by atoms with Crippen molar-refractivity contribution in [2.24, 2.45) is 0 Å². The van der Waals surface area contributed by atoms with Crippen molar-refractivity contribution in [2.45, 2.75) is 57.4 Å². The van der Waals surface area contributed by atoms with E-state index in [0.717, 1.165) is 70.6 Å². The number of hydrogen-bond donors (Lipinski definition) is 1. The third-order valence-corrected chi connectivity index (χ3v) is 6.49. The van der Waals surface area contributed by atoms with Crippen molar-refractivity contribution in [3.63, 3.8) is 0 Å². The molecular weight excluding hydrogens is 628 g/mol. The molecule has 3 heterocycles. The van der Waals surface area contributed by atoms with E-state index in [0.29, 0.717) is 5.91 Å². The van der Waals surface area contributed by atoms with Crippen molar-refractivity contribution in [3.8, 4) is 5.75 Å². The third-order valence-electron chi connectivity index (χ3n) is 6.49. The van der Waals surface area contributed by atoms with Gasteiger partial charge >= 0.3 is 0 Å². The molecule has 1 aromatic rings. The molecule has 0 radical (unpaired) electrons. The summed E-state index contributed by atoms with van der Waals surface area (Å²) in [6, 6.07) is 6.56. The standard InChI is InChI=1S/C23H35N3O2.2CH3I/c27-23(22-6-4-11-24-22)26-15-9-19-7-8-21(18-20(19)10-16-26)28-17-5-14-25-12-2-1-3-13-25;2*1-2/h7-8,18,22,24H,1-6,9-17H2;2*1H3/t22-;;/m0../s1. The van der Waals surface area contributed by atoms with E-state index < -0.39 is 0 Å². The molecule has 0 aromatic heterocycles. The Morgan fingerprint density at radius 3 is 2.41 bits per heavy atom. The van der Waals surface area contributed by atoms with Crippen molar-refractivity contribution in [2.75, 3.05) is 55.7 Å². The summed E-state index contributed by atoms with van der Waals surface area (Å²) in [7, 11) is 0. The van der Waals surface area contributed by atoms with E-state index in [2.05, 4.69) is 78.5 Å². The first-order valence-electron chi connectivity index (χ1n) is 12.0. The van der Waals surface area contributed by atoms with E-state index in [9.17, 15) is 4.79 Å². The van der Waals surface area contributed by atoms with Crippen molar-refractivity contribution in [3.05, 3.63) is 29.3 Å². The molecule has 32 heavy (non-hydrogen) atoms. The summed E-state index contributed by atoms with van der Waals surface area (Å²) in [6.07, 6.45) is 9.16. The van der Waals surface area contributed by atoms with Crippen LogP contribution in [-0.4, -0.2) is 77.5 Å². The average molecular weight is 669 g/mol. The second-order valence-corrected chi connectivity index (χ2v) is 8.51. The lowest BCUT2D eigenvalue weighted by atomic mass is 10.0. The van der Waals surface area contributed by atoms with E-state index >= 15 is 0 Å². The number of carbonyl (C=O) groups is 1. The van der Waals surface area contributed by atoms with Gasteiger partial charge in [0.2, 0.25) is 5.91 Å². The van der Waals surface area contributed by atoms with Gasteiger partial charge in [-0.3, -0.25) is 4.79 Å². The Balaban J connectivity index is 0.000000860. The van der Waals surface area contributed by atoms with E-state index in [1.54, 1.807) is 0 Å². The van der Waals surface area contributed by atoms with E-state index in [1.807, 2.05) is 9.86 Å². The molecule has 1 aromatic carbocycles. The highest BCUT2D eigenvalue weighted by Gasteiger charge is 2.28. The van der Waals surface area contributed by atoms with Crippen LogP contribution in [0.25, 0.3) is 0 Å². The maximum atomic E-state index is 12.7. The van der Waals surface area contributed by atoms with Crippen molar-refractivity contribution in [1.29, 1.82) is 0 Å². The van der Waals surface area contributed by atoms with E-state index in [1.165, 1.54) is 43.5 Å². The number of benzene rings is 1. The minimum absolute atomic E-state index is 0.0417. The van der Waals surface area contributed by atoms with Gasteiger partial charge in [0.1, 0.15) is 5.75 Å². The van der Waals surface area contributed by atoms with Crippen LogP contribution in [0, 0.1) is 0 Å². The van der Waals surface area contributed by atoms with Gasteiger partial charge in [-0.25, -0.2) is 0 Å². The first kappa shape index (κ1) is 28.1. The molecule has 0 spiro atoms. The van der Waals surface area contributed by atoms with Crippen LogP contribution in [0.1, 0.15) is 49.7 Å². The molecule has 0 saturated carbocycles. The molecule has 7 heteroatoms. The molecule has 0 unspecified atom stereocenters. The zero-order valence-electron chi connectivity index (χ0n) is 19.9. The Bertz CT molecular complexity index is 663. The zero-order chi connectivity index (χ0) is 23.2. The molecule has 182 valence electrons. The maximum Gasteiger partial charge on any atom is 0.239 e. The topological polar surface area (TPSA) is 44.8 Å². The van der Waals surface area contributed by atoms with Crippen molar-refractivity contribution in [1.82, 2.24) is 15.1 Å². The molecule has 2 fully saturated rings. The number of ether oxygens (including phenoxy) is 1. The number of rotatable bonds is 6. The predicted molar refractivity (Wildman–Crippen MR) is 152 cm³/mol. The number of amides is 1. The van der Waals surface area contributed by atoms with E-state index in [-0.39, 0.29) is 6.04 Å². The van der Waals surface area contributed by atoms with Crippen LogP contribution in [-0.2, 0) is 17.6 Å². The smallest absolute Gasteiger partial charge is 0.239 e. The van der Waals surface area contributed by atoms with Crippen molar-refractivity contribution >= 4 is 51.1 Å². The normalized spacial score (nSPS) is 20.8. The Morgan fingerprint density at radius 1 is 1.00 bits per heavy atom. The SMILES string of the molecule is CI.CI.O=C([C@@H]1CCCN1)N1CCc2ccc(OCCCN3CCCCC3)cc2CC1. The highest BCUT2D eigenvalue weighted by atomic mass is 127. The molecule has 2 saturated heterocycles. The van der Waals surface area contributed by atoms with Gasteiger partial charge in [-0.1, -0.05) is 57.7 Å². The summed E-state index contributed by atoms with van der Waals surface area (Å²) >= 11 is 4.30. The monoisotopic (exact) mass is 669 g/mol. The van der Waals surface area contributed by atoms with Gasteiger partial charge in [0.15, 0.2) is 0 Å². The first-order chi connectivity index (χ1) is 15.8. The fraction of sp³-hybridized carbons (Fsp3) is 0.720. The number of alkyl halides is 2. The minimum atomic E-state index is 0.0417. The molecule has 1 amide bonds. The molecule has 3 aliphatic heterocycles. The fourth-order valence-electron chi connectivity index (χ4n) is 4.79. The van der Waals surface area contributed by atoms with Crippen LogP contribution in [0.15, 0.2) is 18.2 Å². The number of fused-ring (bicyclic) bond motifs is 1. The first-order valence-corrected chi connectivity index (χ1v) is 16.4. The lowest BCUT2D eigenvalue weighted by Crippen LogP contribution is -2.44. The van der Waals surface area contributed by atoms with Crippen molar-refractivity contribution < 1.29 is 9.53 Å². The largest absolute Gasteiger partial charge is 0.494 e. The van der Waals surface area contributed by atoms with Crippen LogP contribution in [0.4, 0.5) is 0 Å². The summed E-state index contributed by atoms with van der Waals surface area (Å²) in [5.74, 6) is 1.27. The summed E-state index contributed by atoms with van der Waals surface area (Å²) in [5, 5.41) is 3.34. The summed E-state index contributed by atoms with van der Waals surface area (Å²) in [4.78, 5) is 21.3. The predicted octanol–water partition coefficient (Wildman–Crippen LogP) is 4.72. The van der Waals surface area contributed by atoms with Gasteiger partial charge in [-0.15, -0.1) is 0 Å². The van der Waals surface area contributed by atoms with Gasteiger partial charge in [0.25, 0.3) is 0 Å². The van der Waals surface area contributed by atoms with Crippen LogP contribution >= 0.6 is 45.2 Å². The number of hydrogen-bond acceptors (Lipinski definition) is 4. The molecule has 5 nitrogen and oxygen atoms in total. The number of nitrogens with one attached hydrogen (secondary N) is 1. The maximum absolute atomic E-state index is 12.7. The number of likely N-dealkylation sites (tertiary alicyclic amines) is 1. The molecule has 4 rings (SSSR count). The minimum Gasteiger partial charge on any atom is -0.494 e. The Hall–Kier alpha value is -0.130. The molecule has 0 bridgehead atoms. The number of carbonyl (C=O) groups excluding carboxylic acids is 1. The Labute approximate surface area is 222 Å². The molecule has 3 aliphatic rings. The molecular formula is C25H41I2N3O2. The quantitative estimate of drug-likeness (QED) is 0.271. The third kappa shape index (κ3) is 8.91. The molecule has 0 aliphatic carbocycles. The van der Waals surface area contributed by atoms with Crippen LogP contribution in [0.3, 0.4) is 0 Å². The highest BCUT2D eigenvalue weighted by molar-refractivity contribution is 14.1. The fourth-order valence-corrected chi connectivity index (χ4v) is 4.79. The summed E-state index contributed by atoms with van der Waals surface area (Å²) in [5.41, 5.74) is 2.72. The van der Waals surface area contributed by atoms with Crippen LogP contribution in [0.5, 0.6) is 5.75 Å². The second-order valence-electron chi connectivity index (χ2n) is 8.51. The van der Waals surface area contributed by atoms with Gasteiger partial charge in [-0.05, 0) is 97.7 Å². The zero-order valence-corrected chi connectivity index (χ0v) is 24.2. The highest BCUT2D eigenvalue weighted by Crippen LogP contribution is 2.23. The number of piperidine rings is 1. The number of nitrogens with zero attached hydrogens (tertiary/aromatic N) is 2. The lowest BCUT2D eigenvalue weighted by molar-refractivity contribution is -0.132. The Morgan fingerprint density at radius 2 is 1.72 bits per heavy atom. The molecule has 1 atom stereocenters. The average Bonchev–Trinajstić information content (AvgIpc) is 3.32. The van der Waals surface area contributed by atoms with Gasteiger partial charge in [0, 0.05) is 19.6 Å². The summed E-state index contributed by atoms with van der Waals surface area (Å²) < 4.78 is 6.04.